The lowest BCUT2D eigenvalue weighted by molar-refractivity contribution is 0.147. The third-order valence-electron chi connectivity index (χ3n) is 3.70. The first kappa shape index (κ1) is 16.4. The van der Waals surface area contributed by atoms with Crippen LogP contribution >= 0.6 is 11.6 Å². The normalized spacial score (nSPS) is 10.5. The molecule has 1 aromatic heterocycles. The number of hydrogen-bond acceptors (Lipinski definition) is 2. The van der Waals surface area contributed by atoms with Crippen molar-refractivity contribution < 1.29 is 4.74 Å². The highest BCUT2D eigenvalue weighted by molar-refractivity contribution is 6.29. The van der Waals surface area contributed by atoms with Gasteiger partial charge in [-0.15, -0.1) is 0 Å². The Morgan fingerprint density at radius 2 is 1.75 bits per heavy atom. The highest BCUT2D eigenvalue weighted by atomic mass is 35.5. The van der Waals surface area contributed by atoms with E-state index in [-0.39, 0.29) is 0 Å². The predicted octanol–water partition coefficient (Wildman–Crippen LogP) is 5.68. The van der Waals surface area contributed by atoms with Crippen molar-refractivity contribution in [2.75, 3.05) is 6.61 Å². The summed E-state index contributed by atoms with van der Waals surface area (Å²) in [6.45, 7) is 4.47. The lowest BCUT2D eigenvalue weighted by atomic mass is 9.91. The summed E-state index contributed by atoms with van der Waals surface area (Å²) in [5, 5.41) is 0.497. The van der Waals surface area contributed by atoms with Crippen LogP contribution in [0.1, 0.15) is 5.56 Å². The van der Waals surface area contributed by atoms with E-state index in [2.05, 4.69) is 48.0 Å². The van der Waals surface area contributed by atoms with Gasteiger partial charge in [-0.05, 0) is 28.3 Å². The Morgan fingerprint density at radius 3 is 2.46 bits per heavy atom. The van der Waals surface area contributed by atoms with Crippen LogP contribution in [0.3, 0.4) is 0 Å². The van der Waals surface area contributed by atoms with Gasteiger partial charge in [0.1, 0.15) is 0 Å². The van der Waals surface area contributed by atoms with E-state index in [0.29, 0.717) is 18.2 Å². The zero-order valence-corrected chi connectivity index (χ0v) is 14.0. The minimum atomic E-state index is 0.337. The van der Waals surface area contributed by atoms with E-state index in [1.807, 2.05) is 30.5 Å². The molecular weight excluding hydrogens is 318 g/mol. The average Bonchev–Trinajstić information content (AvgIpc) is 2.63. The van der Waals surface area contributed by atoms with Gasteiger partial charge in [0.2, 0.25) is 0 Å². The van der Waals surface area contributed by atoms with Gasteiger partial charge >= 0.3 is 0 Å². The molecule has 0 radical (unpaired) electrons. The number of aromatic nitrogens is 1. The maximum Gasteiger partial charge on any atom is 0.0821 e. The van der Waals surface area contributed by atoms with Crippen LogP contribution in [-0.2, 0) is 11.3 Å². The Hall–Kier alpha value is -2.42. The Kier molecular flexibility index (Phi) is 5.42. The summed E-state index contributed by atoms with van der Waals surface area (Å²) in [4.78, 5) is 4.27. The summed E-state index contributed by atoms with van der Waals surface area (Å²) >= 11 is 5.80. The topological polar surface area (TPSA) is 22.1 Å². The van der Waals surface area contributed by atoms with E-state index >= 15 is 0 Å². The molecule has 120 valence electrons. The van der Waals surface area contributed by atoms with Gasteiger partial charge in [-0.1, -0.05) is 72.8 Å². The lowest BCUT2D eigenvalue weighted by Gasteiger charge is -2.15. The Bertz CT molecular complexity index is 816. The number of benzene rings is 2. The lowest BCUT2D eigenvalue weighted by Crippen LogP contribution is -1.99. The molecule has 0 spiro atoms. The molecule has 0 aliphatic carbocycles. The van der Waals surface area contributed by atoms with Crippen molar-refractivity contribution in [3.05, 3.63) is 90.2 Å². The molecule has 24 heavy (non-hydrogen) atoms. The summed E-state index contributed by atoms with van der Waals surface area (Å²) in [5.41, 5.74) is 5.63. The number of ether oxygens (including phenoxy) is 1. The third kappa shape index (κ3) is 3.91. The van der Waals surface area contributed by atoms with Crippen molar-refractivity contribution in [3.63, 3.8) is 0 Å². The average molecular weight is 336 g/mol. The largest absolute Gasteiger partial charge is 0.371 e. The van der Waals surface area contributed by atoms with Gasteiger partial charge in [0.15, 0.2) is 0 Å². The van der Waals surface area contributed by atoms with Crippen LogP contribution < -0.4 is 0 Å². The quantitative estimate of drug-likeness (QED) is 0.577. The van der Waals surface area contributed by atoms with Crippen molar-refractivity contribution in [1.82, 2.24) is 4.98 Å². The van der Waals surface area contributed by atoms with Crippen LogP contribution in [0, 0.1) is 0 Å². The molecule has 0 atom stereocenters. The Morgan fingerprint density at radius 1 is 0.958 bits per heavy atom. The van der Waals surface area contributed by atoms with E-state index < -0.39 is 0 Å². The highest BCUT2D eigenvalue weighted by Crippen LogP contribution is 2.35. The van der Waals surface area contributed by atoms with E-state index in [9.17, 15) is 0 Å². The second kappa shape index (κ2) is 7.91. The van der Waals surface area contributed by atoms with E-state index in [4.69, 9.17) is 16.3 Å². The molecule has 0 saturated carbocycles. The van der Waals surface area contributed by atoms with Crippen molar-refractivity contribution in [2.45, 2.75) is 6.61 Å². The van der Waals surface area contributed by atoms with Gasteiger partial charge in [0.25, 0.3) is 0 Å². The smallest absolute Gasteiger partial charge is 0.0821 e. The van der Waals surface area contributed by atoms with Crippen LogP contribution in [-0.4, -0.2) is 11.6 Å². The predicted molar refractivity (Wildman–Crippen MR) is 99.8 cm³/mol. The van der Waals surface area contributed by atoms with Crippen molar-refractivity contribution in [3.8, 4) is 22.3 Å². The molecule has 2 aromatic carbocycles. The fourth-order valence-electron chi connectivity index (χ4n) is 2.70. The van der Waals surface area contributed by atoms with Crippen molar-refractivity contribution in [1.29, 1.82) is 0 Å². The zero-order chi connectivity index (χ0) is 16.8. The molecule has 0 saturated heterocycles. The molecule has 0 bridgehead atoms. The molecule has 0 unspecified atom stereocenters. The molecule has 0 fully saturated rings. The van der Waals surface area contributed by atoms with Crippen LogP contribution in [0.2, 0.25) is 0 Å². The summed E-state index contributed by atoms with van der Waals surface area (Å²) in [7, 11) is 0. The standard InChI is InChI=1S/C21H18ClNO/c1-16(22)14-24-15-19-9-5-11-20(17-7-3-2-4-8-17)21(19)18-10-6-12-23-13-18/h2-13H,1,14-15H2. The third-order valence-corrected chi connectivity index (χ3v) is 3.81. The summed E-state index contributed by atoms with van der Waals surface area (Å²) in [6, 6.07) is 20.6. The van der Waals surface area contributed by atoms with Crippen molar-refractivity contribution in [2.24, 2.45) is 0 Å². The first-order valence-electron chi connectivity index (χ1n) is 7.74. The Balaban J connectivity index is 2.07. The number of hydrogen-bond donors (Lipinski definition) is 0. The molecule has 0 aliphatic rings. The van der Waals surface area contributed by atoms with Crippen LogP contribution in [0.15, 0.2) is 84.7 Å². The van der Waals surface area contributed by atoms with Crippen LogP contribution in [0.25, 0.3) is 22.3 Å². The maximum absolute atomic E-state index is 5.80. The molecule has 1 heterocycles. The molecule has 0 aliphatic heterocycles. The summed E-state index contributed by atoms with van der Waals surface area (Å²) < 4.78 is 5.68. The molecular formula is C21H18ClNO. The second-order valence-corrected chi connectivity index (χ2v) is 5.99. The van der Waals surface area contributed by atoms with Gasteiger partial charge in [0, 0.05) is 23.0 Å². The fraction of sp³-hybridized carbons (Fsp3) is 0.0952. The number of pyridine rings is 1. The van der Waals surface area contributed by atoms with Gasteiger partial charge < -0.3 is 4.74 Å². The first-order chi connectivity index (χ1) is 11.8. The summed E-state index contributed by atoms with van der Waals surface area (Å²) in [5.74, 6) is 0. The molecule has 0 N–H and O–H groups in total. The van der Waals surface area contributed by atoms with Gasteiger partial charge in [-0.25, -0.2) is 0 Å². The van der Waals surface area contributed by atoms with E-state index in [1.165, 1.54) is 5.56 Å². The molecule has 0 amide bonds. The Labute approximate surface area is 147 Å². The summed E-state index contributed by atoms with van der Waals surface area (Å²) in [6.07, 6.45) is 3.66. The monoisotopic (exact) mass is 335 g/mol. The SMILES string of the molecule is C=C(Cl)COCc1cccc(-c2ccccc2)c1-c1cccnc1. The van der Waals surface area contributed by atoms with E-state index in [1.54, 1.807) is 6.20 Å². The van der Waals surface area contributed by atoms with Gasteiger partial charge in [-0.2, -0.15) is 0 Å². The highest BCUT2D eigenvalue weighted by Gasteiger charge is 2.12. The molecule has 2 nitrogen and oxygen atoms in total. The minimum absolute atomic E-state index is 0.337. The molecule has 3 aromatic rings. The van der Waals surface area contributed by atoms with E-state index in [0.717, 1.165) is 22.3 Å². The van der Waals surface area contributed by atoms with Crippen LogP contribution in [0.5, 0.6) is 0 Å². The van der Waals surface area contributed by atoms with Gasteiger partial charge in [0.05, 0.1) is 13.2 Å². The maximum atomic E-state index is 5.80. The van der Waals surface area contributed by atoms with Gasteiger partial charge in [-0.3, -0.25) is 4.98 Å². The number of rotatable bonds is 6. The minimum Gasteiger partial charge on any atom is -0.371 e. The molecule has 3 heteroatoms. The van der Waals surface area contributed by atoms with Crippen molar-refractivity contribution >= 4 is 11.6 Å². The van der Waals surface area contributed by atoms with Crippen LogP contribution in [0.4, 0.5) is 0 Å². The first-order valence-corrected chi connectivity index (χ1v) is 8.12. The number of halogens is 1. The fourth-order valence-corrected chi connectivity index (χ4v) is 2.78. The zero-order valence-electron chi connectivity index (χ0n) is 13.3. The second-order valence-electron chi connectivity index (χ2n) is 5.46. The number of nitrogens with zero attached hydrogens (tertiary/aromatic N) is 1. The molecule has 3 rings (SSSR count).